The fourth-order valence-electron chi connectivity index (χ4n) is 2.89. The van der Waals surface area contributed by atoms with Gasteiger partial charge in [0, 0.05) is 19.1 Å². The monoisotopic (exact) mass is 315 g/mol. The van der Waals surface area contributed by atoms with Crippen molar-refractivity contribution in [1.29, 1.82) is 0 Å². The maximum atomic E-state index is 12.1. The summed E-state index contributed by atoms with van der Waals surface area (Å²) in [7, 11) is 0. The molecular weight excluding hydrogens is 290 g/mol. The smallest absolute Gasteiger partial charge is 0.321 e. The summed E-state index contributed by atoms with van der Waals surface area (Å²) < 4.78 is 0. The maximum absolute atomic E-state index is 12.1. The second-order valence-electron chi connectivity index (χ2n) is 6.75. The number of nitrogens with zero attached hydrogens (tertiary/aromatic N) is 1. The molecular formula is C18H25N3O2. The van der Waals surface area contributed by atoms with E-state index < -0.39 is 0 Å². The average Bonchev–Trinajstić information content (AvgIpc) is 3.27. The predicted molar refractivity (Wildman–Crippen MR) is 88.8 cm³/mol. The molecule has 2 N–H and O–H groups in total. The molecule has 2 aliphatic rings. The van der Waals surface area contributed by atoms with E-state index in [1.165, 1.54) is 24.8 Å². The van der Waals surface area contributed by atoms with Gasteiger partial charge in [-0.3, -0.25) is 15.0 Å². The summed E-state index contributed by atoms with van der Waals surface area (Å²) in [5.41, 5.74) is 1.20. The number of urea groups is 1. The van der Waals surface area contributed by atoms with Crippen molar-refractivity contribution in [3.05, 3.63) is 35.9 Å². The summed E-state index contributed by atoms with van der Waals surface area (Å²) in [6.07, 6.45) is 5.82. The van der Waals surface area contributed by atoms with Crippen molar-refractivity contribution in [3.8, 4) is 0 Å². The van der Waals surface area contributed by atoms with Gasteiger partial charge in [0.1, 0.15) is 0 Å². The Kier molecular flexibility index (Phi) is 5.28. The van der Waals surface area contributed by atoms with Crippen molar-refractivity contribution in [2.75, 3.05) is 13.1 Å². The number of hydrogen-bond donors (Lipinski definition) is 2. The molecule has 0 spiro atoms. The predicted octanol–water partition coefficient (Wildman–Crippen LogP) is 2.28. The van der Waals surface area contributed by atoms with Crippen LogP contribution in [0, 0.1) is 5.92 Å². The van der Waals surface area contributed by atoms with Crippen molar-refractivity contribution in [2.45, 2.75) is 44.7 Å². The molecule has 0 radical (unpaired) electrons. The molecule has 0 aromatic heterocycles. The van der Waals surface area contributed by atoms with Crippen LogP contribution in [0.4, 0.5) is 4.79 Å². The number of amides is 3. The quantitative estimate of drug-likeness (QED) is 0.811. The zero-order valence-electron chi connectivity index (χ0n) is 13.5. The normalized spacial score (nSPS) is 17.6. The highest BCUT2D eigenvalue weighted by molar-refractivity contribution is 5.95. The highest BCUT2D eigenvalue weighted by Crippen LogP contribution is 2.27. The second-order valence-corrected chi connectivity index (χ2v) is 6.75. The fraction of sp³-hybridized carbons (Fsp3) is 0.556. The van der Waals surface area contributed by atoms with Crippen molar-refractivity contribution < 1.29 is 9.59 Å². The number of hydrogen-bond acceptors (Lipinski definition) is 3. The van der Waals surface area contributed by atoms with Crippen LogP contribution in [0.15, 0.2) is 30.3 Å². The standard InChI is InChI=1S/C18H25N3O2/c22-17(20-18(23)19-16-9-10-16)13-21(12-15-7-4-8-15)11-14-5-2-1-3-6-14/h1-3,5-6,15-16H,4,7-13H2,(H2,19,20,22,23). The first-order chi connectivity index (χ1) is 11.2. The number of carbonyl (C=O) groups is 2. The third-order valence-electron chi connectivity index (χ3n) is 4.52. The number of nitrogens with one attached hydrogen (secondary N) is 2. The molecule has 0 heterocycles. The number of benzene rings is 1. The van der Waals surface area contributed by atoms with Gasteiger partial charge in [0.25, 0.3) is 0 Å². The highest BCUT2D eigenvalue weighted by atomic mass is 16.2. The minimum atomic E-state index is -0.360. The van der Waals surface area contributed by atoms with Gasteiger partial charge in [-0.25, -0.2) is 4.79 Å². The molecule has 23 heavy (non-hydrogen) atoms. The zero-order valence-corrected chi connectivity index (χ0v) is 13.5. The van der Waals surface area contributed by atoms with E-state index in [-0.39, 0.29) is 24.5 Å². The van der Waals surface area contributed by atoms with Gasteiger partial charge in [-0.15, -0.1) is 0 Å². The summed E-state index contributed by atoms with van der Waals surface area (Å²) in [5.74, 6) is 0.463. The SMILES string of the molecule is O=C(CN(Cc1ccccc1)CC1CCC1)NC(=O)NC1CC1. The molecule has 2 fully saturated rings. The van der Waals surface area contributed by atoms with Crippen LogP contribution >= 0.6 is 0 Å². The molecule has 1 aromatic carbocycles. The summed E-state index contributed by atoms with van der Waals surface area (Å²) in [6, 6.07) is 10.1. The molecule has 2 saturated carbocycles. The lowest BCUT2D eigenvalue weighted by atomic mass is 9.85. The molecule has 0 unspecified atom stereocenters. The molecule has 0 bridgehead atoms. The Morgan fingerprint density at radius 2 is 1.83 bits per heavy atom. The molecule has 5 nitrogen and oxygen atoms in total. The van der Waals surface area contributed by atoms with Crippen LogP contribution < -0.4 is 10.6 Å². The minimum absolute atomic E-state index is 0.224. The topological polar surface area (TPSA) is 61.4 Å². The van der Waals surface area contributed by atoms with Crippen molar-refractivity contribution in [2.24, 2.45) is 5.92 Å². The summed E-state index contributed by atoms with van der Waals surface area (Å²) in [4.78, 5) is 26.0. The van der Waals surface area contributed by atoms with Gasteiger partial charge in [0.15, 0.2) is 0 Å². The molecule has 124 valence electrons. The van der Waals surface area contributed by atoms with E-state index in [0.29, 0.717) is 5.92 Å². The lowest BCUT2D eigenvalue weighted by Gasteiger charge is -2.32. The summed E-state index contributed by atoms with van der Waals surface area (Å²) in [5, 5.41) is 5.23. The van der Waals surface area contributed by atoms with Crippen molar-refractivity contribution in [1.82, 2.24) is 15.5 Å². The second kappa shape index (κ2) is 7.59. The van der Waals surface area contributed by atoms with Crippen LogP contribution in [0.2, 0.25) is 0 Å². The van der Waals surface area contributed by atoms with Crippen LogP contribution in [0.25, 0.3) is 0 Å². The molecule has 0 aliphatic heterocycles. The fourth-order valence-corrected chi connectivity index (χ4v) is 2.89. The first-order valence-corrected chi connectivity index (χ1v) is 8.55. The number of rotatable bonds is 7. The maximum Gasteiger partial charge on any atom is 0.321 e. The Labute approximate surface area is 137 Å². The summed E-state index contributed by atoms with van der Waals surface area (Å²) in [6.45, 7) is 1.94. The Bertz CT molecular complexity index is 538. The Morgan fingerprint density at radius 1 is 1.09 bits per heavy atom. The molecule has 1 aromatic rings. The molecule has 5 heteroatoms. The first kappa shape index (κ1) is 16.0. The highest BCUT2D eigenvalue weighted by Gasteiger charge is 2.25. The Balaban J connectivity index is 1.51. The average molecular weight is 315 g/mol. The number of imide groups is 1. The Hall–Kier alpha value is -1.88. The van der Waals surface area contributed by atoms with Crippen molar-refractivity contribution >= 4 is 11.9 Å². The minimum Gasteiger partial charge on any atom is -0.335 e. The van der Waals surface area contributed by atoms with Crippen LogP contribution in [0.1, 0.15) is 37.7 Å². The molecule has 0 atom stereocenters. The molecule has 3 rings (SSSR count). The van der Waals surface area contributed by atoms with E-state index in [0.717, 1.165) is 25.9 Å². The van der Waals surface area contributed by atoms with E-state index in [1.807, 2.05) is 18.2 Å². The van der Waals surface area contributed by atoms with Gasteiger partial charge in [0.05, 0.1) is 6.54 Å². The molecule has 3 amide bonds. The third kappa shape index (κ3) is 5.36. The zero-order chi connectivity index (χ0) is 16.1. The number of carbonyl (C=O) groups excluding carboxylic acids is 2. The van der Waals surface area contributed by atoms with E-state index >= 15 is 0 Å². The first-order valence-electron chi connectivity index (χ1n) is 8.55. The van der Waals surface area contributed by atoms with Gasteiger partial charge in [-0.2, -0.15) is 0 Å². The van der Waals surface area contributed by atoms with E-state index in [1.54, 1.807) is 0 Å². The van der Waals surface area contributed by atoms with Gasteiger partial charge in [-0.1, -0.05) is 36.8 Å². The van der Waals surface area contributed by atoms with Gasteiger partial charge >= 0.3 is 6.03 Å². The van der Waals surface area contributed by atoms with Crippen LogP contribution in [0.3, 0.4) is 0 Å². The van der Waals surface area contributed by atoms with Gasteiger partial charge < -0.3 is 5.32 Å². The van der Waals surface area contributed by atoms with E-state index in [9.17, 15) is 9.59 Å². The van der Waals surface area contributed by atoms with Crippen LogP contribution in [-0.2, 0) is 11.3 Å². The molecule has 0 saturated heterocycles. The third-order valence-corrected chi connectivity index (χ3v) is 4.52. The van der Waals surface area contributed by atoms with Crippen molar-refractivity contribution in [3.63, 3.8) is 0 Å². The van der Waals surface area contributed by atoms with E-state index in [4.69, 9.17) is 0 Å². The van der Waals surface area contributed by atoms with Gasteiger partial charge in [-0.05, 0) is 37.2 Å². The van der Waals surface area contributed by atoms with Crippen LogP contribution in [-0.4, -0.2) is 36.0 Å². The van der Waals surface area contributed by atoms with Gasteiger partial charge in [0.2, 0.25) is 5.91 Å². The van der Waals surface area contributed by atoms with Crippen LogP contribution in [0.5, 0.6) is 0 Å². The van der Waals surface area contributed by atoms with E-state index in [2.05, 4.69) is 27.7 Å². The molecule has 2 aliphatic carbocycles. The lowest BCUT2D eigenvalue weighted by molar-refractivity contribution is -0.121. The summed E-state index contributed by atoms with van der Waals surface area (Å²) >= 11 is 0. The largest absolute Gasteiger partial charge is 0.335 e. The Morgan fingerprint density at radius 3 is 2.43 bits per heavy atom. The lowest BCUT2D eigenvalue weighted by Crippen LogP contribution is -2.46.